The van der Waals surface area contributed by atoms with E-state index < -0.39 is 10.2 Å². The molecule has 0 amide bonds. The Hall–Kier alpha value is -3.40. The van der Waals surface area contributed by atoms with Crippen molar-refractivity contribution in [2.45, 2.75) is 20.4 Å². The lowest BCUT2D eigenvalue weighted by molar-refractivity contribution is -2.00. The highest BCUT2D eigenvalue weighted by Gasteiger charge is 2.23. The summed E-state index contributed by atoms with van der Waals surface area (Å²) in [4.78, 5) is 2.16. The molecule has 0 spiro atoms. The fourth-order valence-electron chi connectivity index (χ4n) is 3.47. The lowest BCUT2D eigenvalue weighted by Crippen LogP contribution is -2.68. The fourth-order valence-corrected chi connectivity index (χ4v) is 3.47. The van der Waals surface area contributed by atoms with Gasteiger partial charge in [0.25, 0.3) is 5.52 Å². The number of allylic oxidation sites excluding steroid dienone is 6. The van der Waals surface area contributed by atoms with Crippen LogP contribution in [0.15, 0.2) is 95.3 Å². The van der Waals surface area contributed by atoms with E-state index in [2.05, 4.69) is 35.4 Å². The lowest BCUT2D eigenvalue weighted by atomic mass is 10.3. The predicted molar refractivity (Wildman–Crippen MR) is 118 cm³/mol. The van der Waals surface area contributed by atoms with Crippen LogP contribution in [0, 0.1) is 10.2 Å². The third kappa shape index (κ3) is 6.80. The predicted octanol–water partition coefficient (Wildman–Crippen LogP) is 0.870. The molecule has 0 fully saturated rings. The van der Waals surface area contributed by atoms with Gasteiger partial charge in [0.15, 0.2) is 5.75 Å². The molecule has 0 unspecified atom stereocenters. The summed E-state index contributed by atoms with van der Waals surface area (Å²) in [5, 5.41) is 0. The summed E-state index contributed by atoms with van der Waals surface area (Å²) in [6.45, 7) is 5.97. The van der Waals surface area contributed by atoms with Crippen molar-refractivity contribution < 1.29 is 42.6 Å². The van der Waals surface area contributed by atoms with Crippen LogP contribution in [-0.4, -0.2) is 6.54 Å². The quantitative estimate of drug-likeness (QED) is 0.376. The van der Waals surface area contributed by atoms with Gasteiger partial charge < -0.3 is 14.1 Å². The van der Waals surface area contributed by atoms with Crippen LogP contribution in [0.25, 0.3) is 17.2 Å². The van der Waals surface area contributed by atoms with Crippen molar-refractivity contribution >= 4 is 22.9 Å². The molecule has 34 heavy (non-hydrogen) atoms. The second-order valence-corrected chi connectivity index (χ2v) is 7.73. The number of oxazole rings is 1. The highest BCUT2D eigenvalue weighted by molar-refractivity contribution is 5.69. The van der Waals surface area contributed by atoms with Crippen molar-refractivity contribution in [3.8, 4) is 5.75 Å². The standard InChI is InChI=1S/C25H25N2O2.ClHO4/c1-3-26-20-14-10-12-16-22(20)28-24(26)18-8-6-5-7-9-19-25-27(4-2)21-15-11-13-17-23(21)29-25;2-1(3,4)5/h5-19H,3-4H2,1-2H3;(H,2,3,4,5)/q+1;/p-1. The van der Waals surface area contributed by atoms with E-state index >= 15 is 0 Å². The van der Waals surface area contributed by atoms with Crippen molar-refractivity contribution in [3.05, 3.63) is 96.8 Å². The number of aromatic nitrogens is 1. The maximum Gasteiger partial charge on any atom is 0.374 e. The number of hydrogen-bond acceptors (Lipinski definition) is 7. The van der Waals surface area contributed by atoms with Gasteiger partial charge in [-0.15, -0.1) is 10.2 Å². The smallest absolute Gasteiger partial charge is 0.374 e. The zero-order valence-corrected chi connectivity index (χ0v) is 19.6. The van der Waals surface area contributed by atoms with Crippen LogP contribution >= 0.6 is 0 Å². The largest absolute Gasteiger partial charge is 0.439 e. The minimum absolute atomic E-state index is 0.847. The molecular formula is C25H25ClN2O6. The number of anilines is 1. The van der Waals surface area contributed by atoms with Crippen LogP contribution in [0.5, 0.6) is 5.75 Å². The number of aryl methyl sites for hydroxylation is 1. The molecule has 178 valence electrons. The summed E-state index contributed by atoms with van der Waals surface area (Å²) in [7, 11) is -4.94. The molecule has 0 radical (unpaired) electrons. The highest BCUT2D eigenvalue weighted by Crippen LogP contribution is 2.38. The number of ether oxygens (including phenoxy) is 1. The second kappa shape index (κ2) is 11.6. The molecule has 1 aromatic heterocycles. The van der Waals surface area contributed by atoms with E-state index in [1.165, 1.54) is 0 Å². The first-order valence-electron chi connectivity index (χ1n) is 10.6. The zero-order valence-electron chi connectivity index (χ0n) is 18.8. The normalized spacial score (nSPS) is 14.9. The molecule has 3 aromatic rings. The number of hydrogen-bond donors (Lipinski definition) is 0. The van der Waals surface area contributed by atoms with E-state index in [0.29, 0.717) is 0 Å². The van der Waals surface area contributed by atoms with Crippen LogP contribution in [0.2, 0.25) is 0 Å². The van der Waals surface area contributed by atoms with Crippen LogP contribution in [0.4, 0.5) is 5.69 Å². The Morgan fingerprint density at radius 1 is 0.882 bits per heavy atom. The minimum Gasteiger partial charge on any atom is -0.439 e. The molecule has 2 heterocycles. The van der Waals surface area contributed by atoms with E-state index in [9.17, 15) is 0 Å². The molecule has 1 aliphatic rings. The molecule has 8 nitrogen and oxygen atoms in total. The first kappa shape index (κ1) is 25.2. The molecule has 1 aliphatic heterocycles. The third-order valence-electron chi connectivity index (χ3n) is 4.83. The van der Waals surface area contributed by atoms with Crippen molar-refractivity contribution in [3.63, 3.8) is 0 Å². The van der Waals surface area contributed by atoms with Crippen LogP contribution < -0.4 is 32.8 Å². The molecule has 4 rings (SSSR count). The van der Waals surface area contributed by atoms with Gasteiger partial charge in [0, 0.05) is 12.6 Å². The van der Waals surface area contributed by atoms with E-state index in [-0.39, 0.29) is 0 Å². The topological polar surface area (TPSA) is 122 Å². The summed E-state index contributed by atoms with van der Waals surface area (Å²) in [5.41, 5.74) is 3.13. The summed E-state index contributed by atoms with van der Waals surface area (Å²) in [6.07, 6.45) is 13.9. The Bertz CT molecular complexity index is 1220. The summed E-state index contributed by atoms with van der Waals surface area (Å²) in [5.74, 6) is 2.60. The molecule has 0 bridgehead atoms. The Labute approximate surface area is 200 Å². The van der Waals surface area contributed by atoms with Gasteiger partial charge in [-0.25, -0.2) is 18.6 Å². The van der Waals surface area contributed by atoms with Gasteiger partial charge in [-0.2, -0.15) is 4.57 Å². The van der Waals surface area contributed by atoms with Gasteiger partial charge in [0.2, 0.25) is 11.5 Å². The Balaban J connectivity index is 0.000000588. The molecule has 2 aromatic carbocycles. The molecule has 0 saturated heterocycles. The number of rotatable bonds is 6. The average Bonchev–Trinajstić information content (AvgIpc) is 3.34. The van der Waals surface area contributed by atoms with Crippen molar-refractivity contribution in [2.75, 3.05) is 11.4 Å². The van der Waals surface area contributed by atoms with Crippen molar-refractivity contribution in [1.29, 1.82) is 0 Å². The molecule has 9 heteroatoms. The minimum atomic E-state index is -4.94. The number of nitrogens with zero attached hydrogens (tertiary/aromatic N) is 2. The molecular weight excluding hydrogens is 460 g/mol. The van der Waals surface area contributed by atoms with Crippen LogP contribution in [-0.2, 0) is 6.54 Å². The second-order valence-electron chi connectivity index (χ2n) is 6.98. The summed E-state index contributed by atoms with van der Waals surface area (Å²) < 4.78 is 48.0. The van der Waals surface area contributed by atoms with E-state index in [1.54, 1.807) is 0 Å². The van der Waals surface area contributed by atoms with Crippen molar-refractivity contribution in [1.82, 2.24) is 0 Å². The van der Waals surface area contributed by atoms with Gasteiger partial charge in [-0.05, 0) is 38.1 Å². The Morgan fingerprint density at radius 3 is 2.26 bits per heavy atom. The average molecular weight is 485 g/mol. The number of para-hydroxylation sites is 4. The first-order valence-corrected chi connectivity index (χ1v) is 11.8. The van der Waals surface area contributed by atoms with Gasteiger partial charge in [-0.1, -0.05) is 54.6 Å². The molecule has 0 N–H and O–H groups in total. The van der Waals surface area contributed by atoms with E-state index in [1.807, 2.05) is 78.9 Å². The Kier molecular flexibility index (Phi) is 8.64. The van der Waals surface area contributed by atoms with Gasteiger partial charge >= 0.3 is 5.89 Å². The lowest BCUT2D eigenvalue weighted by Gasteiger charge is -2.17. The molecule has 0 saturated carbocycles. The van der Waals surface area contributed by atoms with Crippen LogP contribution in [0.1, 0.15) is 19.7 Å². The number of benzene rings is 2. The molecule has 0 aliphatic carbocycles. The summed E-state index contributed by atoms with van der Waals surface area (Å²) in [6, 6.07) is 16.2. The first-order chi connectivity index (χ1) is 16.3. The monoisotopic (exact) mass is 484 g/mol. The van der Waals surface area contributed by atoms with Crippen molar-refractivity contribution in [2.24, 2.45) is 0 Å². The fraction of sp³-hybridized carbons (Fsp3) is 0.160. The summed E-state index contributed by atoms with van der Waals surface area (Å²) >= 11 is 0. The number of fused-ring (bicyclic) bond motifs is 2. The zero-order chi connectivity index (χ0) is 24.6. The SMILES string of the molecule is CCN1/C(=C/C=C/C=C/C=C/c2oc3ccccc3[n+]2CC)Oc2ccccc21.[O-][Cl+3]([O-])([O-])[O-]. The maximum absolute atomic E-state index is 8.49. The van der Waals surface area contributed by atoms with E-state index in [0.717, 1.165) is 47.4 Å². The van der Waals surface area contributed by atoms with Gasteiger partial charge in [0.1, 0.15) is 6.54 Å². The number of halogens is 1. The van der Waals surface area contributed by atoms with E-state index in [4.69, 9.17) is 27.8 Å². The highest BCUT2D eigenvalue weighted by atomic mass is 35.7. The third-order valence-corrected chi connectivity index (χ3v) is 4.83. The van der Waals surface area contributed by atoms with Crippen LogP contribution in [0.3, 0.4) is 0 Å². The van der Waals surface area contributed by atoms with Gasteiger partial charge in [-0.3, -0.25) is 0 Å². The Morgan fingerprint density at radius 2 is 1.53 bits per heavy atom. The van der Waals surface area contributed by atoms with Gasteiger partial charge in [0.05, 0.1) is 11.8 Å². The molecule has 0 atom stereocenters. The maximum atomic E-state index is 8.49.